The molecule has 5 N–H and O–H groups in total. The minimum absolute atomic E-state index is 0.0625. The Labute approximate surface area is 211 Å². The van der Waals surface area contributed by atoms with E-state index in [1.54, 1.807) is 0 Å². The van der Waals surface area contributed by atoms with Crippen molar-refractivity contribution in [2.45, 2.75) is 14.7 Å². The van der Waals surface area contributed by atoms with Crippen molar-refractivity contribution < 1.29 is 51.5 Å². The van der Waals surface area contributed by atoms with E-state index in [0.29, 0.717) is 0 Å². The molecule has 3 rings (SSSR count). The van der Waals surface area contributed by atoms with E-state index in [0.717, 1.165) is 30.3 Å². The van der Waals surface area contributed by atoms with Gasteiger partial charge in [0, 0.05) is 5.39 Å². The van der Waals surface area contributed by atoms with E-state index >= 15 is 0 Å². The summed E-state index contributed by atoms with van der Waals surface area (Å²) in [4.78, 5) is -1.59. The zero-order chi connectivity index (χ0) is 27.8. The first-order valence-electron chi connectivity index (χ1n) is 9.56. The summed E-state index contributed by atoms with van der Waals surface area (Å²) in [6.07, 6.45) is 0. The molecule has 0 aromatic heterocycles. The highest BCUT2D eigenvalue weighted by molar-refractivity contribution is 7.91. The molecule has 0 bridgehead atoms. The molecule has 0 spiro atoms. The first-order valence-corrected chi connectivity index (χ1v) is 15.5. The van der Waals surface area contributed by atoms with Crippen molar-refractivity contribution >= 4 is 68.3 Å². The van der Waals surface area contributed by atoms with Crippen LogP contribution in [0.25, 0.3) is 10.8 Å². The van der Waals surface area contributed by atoms with Crippen molar-refractivity contribution in [1.29, 1.82) is 0 Å². The van der Waals surface area contributed by atoms with E-state index in [1.807, 2.05) is 0 Å². The fourth-order valence-corrected chi connectivity index (χ4v) is 5.69. The summed E-state index contributed by atoms with van der Waals surface area (Å²) in [6, 6.07) is 8.67. The number of sulfone groups is 1. The lowest BCUT2D eigenvalue weighted by molar-refractivity contribution is 0.284. The summed E-state index contributed by atoms with van der Waals surface area (Å²) in [5.41, 5.74) is 5.14. The third-order valence-electron chi connectivity index (χ3n) is 4.71. The first-order chi connectivity index (χ1) is 16.9. The number of nitrogens with zero attached hydrogens (tertiary/aromatic N) is 2. The van der Waals surface area contributed by atoms with Gasteiger partial charge in [-0.25, -0.2) is 12.6 Å². The molecule has 3 aromatic rings. The molecule has 200 valence electrons. The van der Waals surface area contributed by atoms with Crippen LogP contribution in [0.5, 0.6) is 0 Å². The van der Waals surface area contributed by atoms with E-state index in [2.05, 4.69) is 14.4 Å². The van der Waals surface area contributed by atoms with Gasteiger partial charge in [0.2, 0.25) is 0 Å². The minimum atomic E-state index is -4.89. The van der Waals surface area contributed by atoms with Gasteiger partial charge < -0.3 is 5.73 Å². The summed E-state index contributed by atoms with van der Waals surface area (Å²) in [5, 5.41) is 7.80. The van der Waals surface area contributed by atoms with Gasteiger partial charge in [-0.1, -0.05) is 6.07 Å². The van der Waals surface area contributed by atoms with Gasteiger partial charge in [-0.05, 0) is 47.9 Å². The quantitative estimate of drug-likeness (QED) is 0.157. The van der Waals surface area contributed by atoms with E-state index < -0.39 is 68.3 Å². The number of azo groups is 1. The van der Waals surface area contributed by atoms with Crippen molar-refractivity contribution in [3.63, 3.8) is 0 Å². The van der Waals surface area contributed by atoms with Crippen LogP contribution >= 0.6 is 0 Å². The van der Waals surface area contributed by atoms with Gasteiger partial charge in [0.25, 0.3) is 20.2 Å². The van der Waals surface area contributed by atoms with Gasteiger partial charge in [-0.15, -0.1) is 5.11 Å². The number of nitrogens with two attached hydrogens (primary N) is 1. The summed E-state index contributed by atoms with van der Waals surface area (Å²) >= 11 is 0. The van der Waals surface area contributed by atoms with Crippen LogP contribution in [0, 0.1) is 0 Å². The molecule has 0 fully saturated rings. The molecule has 0 heterocycles. The second-order valence-corrected chi connectivity index (χ2v) is 13.2. The summed E-state index contributed by atoms with van der Waals surface area (Å²) in [7, 11) is -18.3. The van der Waals surface area contributed by atoms with Gasteiger partial charge >= 0.3 is 10.4 Å². The summed E-state index contributed by atoms with van der Waals surface area (Å²) in [6.45, 7) is -0.821. The van der Waals surface area contributed by atoms with Crippen LogP contribution in [-0.2, 0) is 44.7 Å². The number of hydrogen-bond donors (Lipinski definition) is 4. The van der Waals surface area contributed by atoms with Crippen LogP contribution in [0.2, 0.25) is 0 Å². The molecule has 0 aliphatic carbocycles. The lowest BCUT2D eigenvalue weighted by Gasteiger charge is -2.10. The van der Waals surface area contributed by atoms with Crippen LogP contribution in [0.3, 0.4) is 0 Å². The highest BCUT2D eigenvalue weighted by atomic mass is 32.3. The lowest BCUT2D eigenvalue weighted by atomic mass is 10.1. The standard InChI is InChI=1S/C18H17N3O12S4/c19-17-16(36(27,28)29)10-11-9-14(35(24,25)26)5-6-15(11)18(17)21-20-12-1-3-13(4-2-12)34(22,23)8-7-33-37(30,31)32/h1-6,9-10H,7-8,19H2,(H,24,25,26)(H,27,28,29)(H,30,31,32)/b21-20+. The van der Waals surface area contributed by atoms with Gasteiger partial charge in [0.15, 0.2) is 9.84 Å². The number of anilines is 1. The predicted molar refractivity (Wildman–Crippen MR) is 128 cm³/mol. The topological polar surface area (TPSA) is 257 Å². The van der Waals surface area contributed by atoms with E-state index in [9.17, 15) is 42.8 Å². The summed E-state index contributed by atoms with van der Waals surface area (Å²) < 4.78 is 123. The Balaban J connectivity index is 2.01. The maximum absolute atomic E-state index is 12.3. The lowest BCUT2D eigenvalue weighted by Crippen LogP contribution is -2.15. The maximum Gasteiger partial charge on any atom is 0.397 e. The predicted octanol–water partition coefficient (Wildman–Crippen LogP) is 1.92. The molecule has 0 aliphatic rings. The third kappa shape index (κ3) is 7.05. The Hall–Kier alpha value is -3.04. The Morgan fingerprint density at radius 2 is 1.35 bits per heavy atom. The van der Waals surface area contributed by atoms with Crippen LogP contribution in [-0.4, -0.2) is 59.7 Å². The molecular formula is C18H17N3O12S4. The van der Waals surface area contributed by atoms with Crippen molar-refractivity contribution in [3.8, 4) is 0 Å². The van der Waals surface area contributed by atoms with Gasteiger partial charge in [-0.3, -0.25) is 13.7 Å². The molecule has 0 aliphatic heterocycles. The number of benzene rings is 3. The van der Waals surface area contributed by atoms with Gasteiger partial charge in [0.1, 0.15) is 10.6 Å². The Kier molecular flexibility index (Phi) is 7.73. The SMILES string of the molecule is Nc1c(S(=O)(=O)O)cc2cc(S(=O)(=O)O)ccc2c1/N=N/c1ccc(S(=O)(=O)CCOS(=O)(=O)O)cc1. The van der Waals surface area contributed by atoms with Crippen molar-refractivity contribution in [2.24, 2.45) is 10.2 Å². The highest BCUT2D eigenvalue weighted by Crippen LogP contribution is 2.39. The van der Waals surface area contributed by atoms with Crippen LogP contribution < -0.4 is 5.73 Å². The second-order valence-electron chi connectivity index (χ2n) is 7.23. The van der Waals surface area contributed by atoms with Crippen LogP contribution in [0.1, 0.15) is 0 Å². The average molecular weight is 596 g/mol. The normalized spacial score (nSPS) is 13.4. The first kappa shape index (κ1) is 28.5. The smallest absolute Gasteiger partial charge is 0.396 e. The molecule has 0 saturated heterocycles. The van der Waals surface area contributed by atoms with E-state index in [4.69, 9.17) is 10.3 Å². The van der Waals surface area contributed by atoms with Crippen LogP contribution in [0.15, 0.2) is 73.4 Å². The second kappa shape index (κ2) is 10.0. The van der Waals surface area contributed by atoms with Gasteiger partial charge in [-0.2, -0.15) is 30.4 Å². The molecule has 15 nitrogen and oxygen atoms in total. The fourth-order valence-electron chi connectivity index (χ4n) is 3.03. The van der Waals surface area contributed by atoms with Crippen molar-refractivity contribution in [2.75, 3.05) is 18.1 Å². The van der Waals surface area contributed by atoms with Gasteiger partial charge in [0.05, 0.1) is 33.5 Å². The third-order valence-corrected chi connectivity index (χ3v) is 8.61. The largest absolute Gasteiger partial charge is 0.397 e. The Morgan fingerprint density at radius 3 is 1.89 bits per heavy atom. The summed E-state index contributed by atoms with van der Waals surface area (Å²) in [5.74, 6) is -0.760. The van der Waals surface area contributed by atoms with Crippen molar-refractivity contribution in [1.82, 2.24) is 0 Å². The fraction of sp³-hybridized carbons (Fsp3) is 0.111. The van der Waals surface area contributed by atoms with E-state index in [-0.39, 0.29) is 27.0 Å². The Bertz CT molecular complexity index is 1830. The monoisotopic (exact) mass is 595 g/mol. The number of fused-ring (bicyclic) bond motifs is 1. The average Bonchev–Trinajstić information content (AvgIpc) is 2.75. The zero-order valence-corrected chi connectivity index (χ0v) is 21.4. The van der Waals surface area contributed by atoms with E-state index in [1.165, 1.54) is 18.2 Å². The maximum atomic E-state index is 12.3. The molecule has 37 heavy (non-hydrogen) atoms. The molecule has 0 unspecified atom stereocenters. The zero-order valence-electron chi connectivity index (χ0n) is 18.2. The number of nitrogen functional groups attached to an aromatic ring is 1. The Morgan fingerprint density at radius 1 is 0.757 bits per heavy atom. The molecule has 0 atom stereocenters. The van der Waals surface area contributed by atoms with Crippen molar-refractivity contribution in [3.05, 3.63) is 48.5 Å². The van der Waals surface area contributed by atoms with Crippen LogP contribution in [0.4, 0.5) is 17.1 Å². The molecule has 0 saturated carbocycles. The molecular weight excluding hydrogens is 578 g/mol. The molecule has 0 radical (unpaired) electrons. The molecule has 3 aromatic carbocycles. The minimum Gasteiger partial charge on any atom is -0.396 e. The highest BCUT2D eigenvalue weighted by Gasteiger charge is 2.22. The molecule has 19 heteroatoms. The molecule has 0 amide bonds. The number of hydrogen-bond acceptors (Lipinski definition) is 12. The number of rotatable bonds is 9.